The Morgan fingerprint density at radius 2 is 1.86 bits per heavy atom. The fourth-order valence-electron chi connectivity index (χ4n) is 2.54. The van der Waals surface area contributed by atoms with E-state index in [2.05, 4.69) is 0 Å². The highest BCUT2D eigenvalue weighted by Gasteiger charge is 2.43. The van der Waals surface area contributed by atoms with Gasteiger partial charge in [-0.05, 0) is 20.8 Å². The van der Waals surface area contributed by atoms with Crippen molar-refractivity contribution in [2.75, 3.05) is 32.8 Å². The van der Waals surface area contributed by atoms with Gasteiger partial charge in [-0.2, -0.15) is 0 Å². The second kappa shape index (κ2) is 6.17. The largest absolute Gasteiger partial charge is 0.444 e. The third kappa shape index (κ3) is 4.06. The number of rotatable bonds is 1. The first kappa shape index (κ1) is 16.0. The minimum atomic E-state index is -1.19. The Kier molecular flexibility index (Phi) is 4.70. The lowest BCUT2D eigenvalue weighted by Gasteiger charge is -2.33. The molecule has 6 nitrogen and oxygen atoms in total. The Morgan fingerprint density at radius 1 is 1.24 bits per heavy atom. The van der Waals surface area contributed by atoms with Crippen LogP contribution in [-0.4, -0.2) is 72.5 Å². The summed E-state index contributed by atoms with van der Waals surface area (Å²) in [6.07, 6.45) is -1.78. The SMILES string of the molecule is CC(C)(C)OC(=O)N1C[C@H](F)C[C@H]1C(=O)N1CCOCC1. The van der Waals surface area contributed by atoms with Gasteiger partial charge in [0.15, 0.2) is 0 Å². The molecule has 0 bridgehead atoms. The topological polar surface area (TPSA) is 59.1 Å². The minimum absolute atomic E-state index is 0.0371. The molecule has 2 aliphatic heterocycles. The molecule has 2 aliphatic rings. The van der Waals surface area contributed by atoms with Crippen LogP contribution < -0.4 is 0 Å². The summed E-state index contributed by atoms with van der Waals surface area (Å²) < 4.78 is 24.2. The Balaban J connectivity index is 2.05. The first-order chi connectivity index (χ1) is 9.78. The molecule has 0 saturated carbocycles. The van der Waals surface area contributed by atoms with Gasteiger partial charge < -0.3 is 14.4 Å². The van der Waals surface area contributed by atoms with Crippen molar-refractivity contribution in [2.24, 2.45) is 0 Å². The van der Waals surface area contributed by atoms with Gasteiger partial charge in [0.05, 0.1) is 19.8 Å². The maximum atomic E-state index is 13.7. The Morgan fingerprint density at radius 3 is 2.43 bits per heavy atom. The van der Waals surface area contributed by atoms with Gasteiger partial charge in [0.1, 0.15) is 17.8 Å². The fourth-order valence-corrected chi connectivity index (χ4v) is 2.54. The number of likely N-dealkylation sites (tertiary alicyclic amines) is 1. The van der Waals surface area contributed by atoms with Gasteiger partial charge in [-0.25, -0.2) is 9.18 Å². The predicted octanol–water partition coefficient (Wildman–Crippen LogP) is 1.19. The number of ether oxygens (including phenoxy) is 2. The third-order valence-corrected chi connectivity index (χ3v) is 3.49. The van der Waals surface area contributed by atoms with Gasteiger partial charge in [-0.3, -0.25) is 9.69 Å². The van der Waals surface area contributed by atoms with Crippen LogP contribution in [0.15, 0.2) is 0 Å². The smallest absolute Gasteiger partial charge is 0.411 e. The van der Waals surface area contributed by atoms with E-state index in [4.69, 9.17) is 9.47 Å². The highest BCUT2D eigenvalue weighted by atomic mass is 19.1. The van der Waals surface area contributed by atoms with Crippen molar-refractivity contribution in [2.45, 2.75) is 45.0 Å². The number of carbonyl (C=O) groups excluding carboxylic acids is 2. The van der Waals surface area contributed by atoms with E-state index in [0.29, 0.717) is 26.3 Å². The van der Waals surface area contributed by atoms with Crippen LogP contribution in [0.2, 0.25) is 0 Å². The molecule has 0 spiro atoms. The summed E-state index contributed by atoms with van der Waals surface area (Å²) >= 11 is 0. The molecule has 0 aromatic carbocycles. The number of alkyl halides is 1. The number of morpholine rings is 1. The summed E-state index contributed by atoms with van der Waals surface area (Å²) in [5.74, 6) is -0.218. The van der Waals surface area contributed by atoms with E-state index >= 15 is 0 Å². The molecule has 2 rings (SSSR count). The van der Waals surface area contributed by atoms with Crippen molar-refractivity contribution in [3.05, 3.63) is 0 Å². The molecule has 0 N–H and O–H groups in total. The molecule has 2 atom stereocenters. The molecule has 7 heteroatoms. The Hall–Kier alpha value is -1.37. The van der Waals surface area contributed by atoms with Crippen molar-refractivity contribution >= 4 is 12.0 Å². The van der Waals surface area contributed by atoms with Crippen molar-refractivity contribution in [3.8, 4) is 0 Å². The Bertz CT molecular complexity index is 404. The zero-order chi connectivity index (χ0) is 15.6. The first-order valence-electron chi connectivity index (χ1n) is 7.28. The number of halogens is 1. The molecule has 2 saturated heterocycles. The summed E-state index contributed by atoms with van der Waals surface area (Å²) in [5.41, 5.74) is -0.669. The number of hydrogen-bond donors (Lipinski definition) is 0. The van der Waals surface area contributed by atoms with E-state index in [-0.39, 0.29) is 18.9 Å². The van der Waals surface area contributed by atoms with E-state index in [9.17, 15) is 14.0 Å². The zero-order valence-electron chi connectivity index (χ0n) is 12.8. The second-order valence-electron chi connectivity index (χ2n) is 6.42. The van der Waals surface area contributed by atoms with Crippen LogP contribution >= 0.6 is 0 Å². The molecule has 21 heavy (non-hydrogen) atoms. The summed E-state index contributed by atoms with van der Waals surface area (Å²) in [5, 5.41) is 0. The third-order valence-electron chi connectivity index (χ3n) is 3.49. The van der Waals surface area contributed by atoms with Crippen molar-refractivity contribution < 1.29 is 23.5 Å². The maximum absolute atomic E-state index is 13.7. The minimum Gasteiger partial charge on any atom is -0.444 e. The number of hydrogen-bond acceptors (Lipinski definition) is 4. The van der Waals surface area contributed by atoms with Crippen LogP contribution in [0.25, 0.3) is 0 Å². The average molecular weight is 302 g/mol. The molecular weight excluding hydrogens is 279 g/mol. The standard InChI is InChI=1S/C14H23FN2O4/c1-14(2,3)21-13(19)17-9-10(15)8-11(17)12(18)16-4-6-20-7-5-16/h10-11H,4-9H2,1-3H3/t10-,11+/m1/s1. The number of nitrogens with zero attached hydrogens (tertiary/aromatic N) is 2. The van der Waals surface area contributed by atoms with Crippen LogP contribution in [0.1, 0.15) is 27.2 Å². The van der Waals surface area contributed by atoms with Crippen LogP contribution in [-0.2, 0) is 14.3 Å². The maximum Gasteiger partial charge on any atom is 0.411 e. The van der Waals surface area contributed by atoms with E-state index in [0.717, 1.165) is 0 Å². The monoisotopic (exact) mass is 302 g/mol. The number of amides is 2. The fraction of sp³-hybridized carbons (Fsp3) is 0.857. The zero-order valence-corrected chi connectivity index (χ0v) is 12.8. The molecule has 2 fully saturated rings. The van der Waals surface area contributed by atoms with Crippen LogP contribution in [0.5, 0.6) is 0 Å². The van der Waals surface area contributed by atoms with Crippen LogP contribution in [0.4, 0.5) is 9.18 Å². The predicted molar refractivity (Wildman–Crippen MR) is 73.6 cm³/mol. The average Bonchev–Trinajstić information content (AvgIpc) is 2.79. The second-order valence-corrected chi connectivity index (χ2v) is 6.42. The normalized spacial score (nSPS) is 26.9. The van der Waals surface area contributed by atoms with Gasteiger partial charge >= 0.3 is 6.09 Å². The van der Waals surface area contributed by atoms with E-state index in [1.54, 1.807) is 25.7 Å². The molecule has 0 radical (unpaired) electrons. The number of carbonyl (C=O) groups is 2. The highest BCUT2D eigenvalue weighted by Crippen LogP contribution is 2.25. The van der Waals surface area contributed by atoms with Crippen molar-refractivity contribution in [3.63, 3.8) is 0 Å². The van der Waals surface area contributed by atoms with Crippen LogP contribution in [0, 0.1) is 0 Å². The molecule has 0 aromatic rings. The van der Waals surface area contributed by atoms with Gasteiger partial charge in [-0.1, -0.05) is 0 Å². The van der Waals surface area contributed by atoms with E-state index in [1.165, 1.54) is 4.90 Å². The molecule has 120 valence electrons. The van der Waals surface area contributed by atoms with Gasteiger partial charge in [0.2, 0.25) is 5.91 Å². The van der Waals surface area contributed by atoms with Gasteiger partial charge in [0.25, 0.3) is 0 Å². The van der Waals surface area contributed by atoms with Crippen LogP contribution in [0.3, 0.4) is 0 Å². The van der Waals surface area contributed by atoms with E-state index < -0.39 is 23.9 Å². The summed E-state index contributed by atoms with van der Waals surface area (Å²) in [6, 6.07) is -0.770. The molecular formula is C14H23FN2O4. The van der Waals surface area contributed by atoms with Gasteiger partial charge in [-0.15, -0.1) is 0 Å². The molecule has 2 heterocycles. The van der Waals surface area contributed by atoms with Crippen molar-refractivity contribution in [1.82, 2.24) is 9.80 Å². The quantitative estimate of drug-likeness (QED) is 0.730. The summed E-state index contributed by atoms with van der Waals surface area (Å²) in [7, 11) is 0. The molecule has 0 unspecified atom stereocenters. The van der Waals surface area contributed by atoms with Crippen molar-refractivity contribution in [1.29, 1.82) is 0 Å². The lowest BCUT2D eigenvalue weighted by Crippen LogP contribution is -2.51. The summed E-state index contributed by atoms with van der Waals surface area (Å²) in [6.45, 7) is 7.05. The lowest BCUT2D eigenvalue weighted by atomic mass is 10.1. The van der Waals surface area contributed by atoms with E-state index in [1.807, 2.05) is 0 Å². The molecule has 0 aliphatic carbocycles. The highest BCUT2D eigenvalue weighted by molar-refractivity contribution is 5.86. The first-order valence-corrected chi connectivity index (χ1v) is 7.28. The molecule has 0 aromatic heterocycles. The Labute approximate surface area is 124 Å². The molecule has 2 amide bonds. The lowest BCUT2D eigenvalue weighted by molar-refractivity contribution is -0.140. The van der Waals surface area contributed by atoms with Gasteiger partial charge in [0, 0.05) is 19.5 Å². The summed E-state index contributed by atoms with van der Waals surface area (Å²) in [4.78, 5) is 27.5.